The second-order valence-electron chi connectivity index (χ2n) is 7.26. The second-order valence-corrected chi connectivity index (χ2v) is 8.36. The van der Waals surface area contributed by atoms with Gasteiger partial charge in [0.2, 0.25) is 5.91 Å². The molecule has 0 saturated heterocycles. The van der Waals surface area contributed by atoms with Gasteiger partial charge in [-0.1, -0.05) is 6.92 Å². The van der Waals surface area contributed by atoms with Crippen LogP contribution in [-0.2, 0) is 28.9 Å². The van der Waals surface area contributed by atoms with E-state index in [-0.39, 0.29) is 12.1 Å². The van der Waals surface area contributed by atoms with E-state index in [0.29, 0.717) is 27.7 Å². The van der Waals surface area contributed by atoms with Gasteiger partial charge in [-0.15, -0.1) is 11.3 Å². The molecule has 0 fully saturated rings. The third-order valence-corrected chi connectivity index (χ3v) is 6.37. The van der Waals surface area contributed by atoms with Crippen LogP contribution < -0.4 is 10.9 Å². The number of rotatable bonds is 4. The van der Waals surface area contributed by atoms with Crippen molar-refractivity contribution in [3.63, 3.8) is 0 Å². The van der Waals surface area contributed by atoms with Crippen molar-refractivity contribution < 1.29 is 14.3 Å². The lowest BCUT2D eigenvalue weighted by Crippen LogP contribution is -2.32. The number of nitriles is 1. The van der Waals surface area contributed by atoms with Crippen LogP contribution in [0.1, 0.15) is 51.0 Å². The van der Waals surface area contributed by atoms with E-state index in [1.165, 1.54) is 18.4 Å². The number of hydrogen-bond acceptors (Lipinski definition) is 7. The van der Waals surface area contributed by atoms with Crippen molar-refractivity contribution in [2.45, 2.75) is 46.6 Å². The first-order valence-electron chi connectivity index (χ1n) is 9.27. The third kappa shape index (κ3) is 3.93. The van der Waals surface area contributed by atoms with Gasteiger partial charge in [0.05, 0.1) is 18.4 Å². The number of nitrogens with zero attached hydrogens (tertiary/aromatic N) is 3. The number of carbonyl (C=O) groups is 2. The van der Waals surface area contributed by atoms with Gasteiger partial charge in [-0.25, -0.2) is 9.48 Å². The number of hydrogen-bond donors (Lipinski definition) is 1. The normalized spacial score (nSPS) is 15.3. The molecule has 1 amide bonds. The number of carbonyl (C=O) groups excluding carboxylic acids is 2. The molecule has 1 aliphatic rings. The Morgan fingerprint density at radius 2 is 2.14 bits per heavy atom. The molecule has 1 atom stereocenters. The van der Waals surface area contributed by atoms with E-state index in [2.05, 4.69) is 17.3 Å². The molecule has 8 nitrogen and oxygen atoms in total. The van der Waals surface area contributed by atoms with Gasteiger partial charge in [-0.3, -0.25) is 9.59 Å². The number of aromatic nitrogens is 2. The summed E-state index contributed by atoms with van der Waals surface area (Å²) in [5.74, 6) is -0.470. The number of methoxy groups -OCH3 is 1. The summed E-state index contributed by atoms with van der Waals surface area (Å²) in [7, 11) is 1.31. The molecule has 0 aliphatic heterocycles. The summed E-state index contributed by atoms with van der Waals surface area (Å²) in [5, 5.41) is 16.5. The van der Waals surface area contributed by atoms with E-state index in [0.717, 1.165) is 34.4 Å². The zero-order valence-electron chi connectivity index (χ0n) is 16.8. The fourth-order valence-electron chi connectivity index (χ4n) is 3.47. The van der Waals surface area contributed by atoms with Crippen LogP contribution in [0.25, 0.3) is 0 Å². The molecule has 1 N–H and O–H groups in total. The Labute approximate surface area is 172 Å². The zero-order valence-corrected chi connectivity index (χ0v) is 17.6. The molecule has 152 valence electrons. The van der Waals surface area contributed by atoms with Crippen LogP contribution in [0, 0.1) is 31.1 Å². The molecule has 2 aromatic heterocycles. The van der Waals surface area contributed by atoms with Crippen LogP contribution in [0.15, 0.2) is 4.79 Å². The van der Waals surface area contributed by atoms with Crippen LogP contribution in [0.3, 0.4) is 0 Å². The van der Waals surface area contributed by atoms with Crippen molar-refractivity contribution in [3.05, 3.63) is 43.2 Å². The molecule has 9 heteroatoms. The predicted molar refractivity (Wildman–Crippen MR) is 108 cm³/mol. The summed E-state index contributed by atoms with van der Waals surface area (Å²) in [5.41, 5.74) is 1.70. The van der Waals surface area contributed by atoms with Crippen molar-refractivity contribution in [3.8, 4) is 6.07 Å². The maximum Gasteiger partial charge on any atom is 0.341 e. The molecule has 0 radical (unpaired) electrons. The number of ether oxygens (including phenoxy) is 1. The molecule has 0 bridgehead atoms. The Morgan fingerprint density at radius 3 is 2.79 bits per heavy atom. The van der Waals surface area contributed by atoms with Gasteiger partial charge in [0.1, 0.15) is 23.2 Å². The molecule has 1 unspecified atom stereocenters. The van der Waals surface area contributed by atoms with Gasteiger partial charge in [0, 0.05) is 4.88 Å². The van der Waals surface area contributed by atoms with E-state index in [4.69, 9.17) is 4.74 Å². The third-order valence-electron chi connectivity index (χ3n) is 5.20. The van der Waals surface area contributed by atoms with Crippen molar-refractivity contribution in [1.82, 2.24) is 9.78 Å². The summed E-state index contributed by atoms with van der Waals surface area (Å²) in [4.78, 5) is 38.4. The number of anilines is 1. The number of esters is 1. The summed E-state index contributed by atoms with van der Waals surface area (Å²) >= 11 is 1.37. The Bertz CT molecular complexity index is 1090. The van der Waals surface area contributed by atoms with E-state index in [1.807, 2.05) is 6.07 Å². The Morgan fingerprint density at radius 1 is 1.41 bits per heavy atom. The van der Waals surface area contributed by atoms with E-state index in [1.54, 1.807) is 13.8 Å². The first-order chi connectivity index (χ1) is 13.8. The molecular weight excluding hydrogens is 392 g/mol. The minimum atomic E-state index is -0.613. The Hall–Kier alpha value is -2.99. The lowest BCUT2D eigenvalue weighted by molar-refractivity contribution is -0.117. The first kappa shape index (κ1) is 20.7. The van der Waals surface area contributed by atoms with Gasteiger partial charge in [-0.05, 0) is 50.2 Å². The molecule has 2 aromatic rings. The lowest BCUT2D eigenvalue weighted by atomic mass is 9.88. The highest BCUT2D eigenvalue weighted by molar-refractivity contribution is 7.17. The van der Waals surface area contributed by atoms with Crippen LogP contribution in [0.5, 0.6) is 0 Å². The summed E-state index contributed by atoms with van der Waals surface area (Å²) in [6, 6.07) is 1.87. The molecule has 0 aromatic carbocycles. The highest BCUT2D eigenvalue weighted by Crippen LogP contribution is 2.40. The highest BCUT2D eigenvalue weighted by atomic mass is 32.1. The maximum atomic E-state index is 12.6. The quantitative estimate of drug-likeness (QED) is 0.768. The fraction of sp³-hybridized carbons (Fsp3) is 0.450. The molecule has 1 aliphatic carbocycles. The number of aryl methyl sites for hydroxylation is 1. The van der Waals surface area contributed by atoms with Crippen molar-refractivity contribution in [1.29, 1.82) is 5.26 Å². The second kappa shape index (κ2) is 8.17. The summed E-state index contributed by atoms with van der Waals surface area (Å²) in [6.07, 6.45) is 2.58. The smallest absolute Gasteiger partial charge is 0.341 e. The molecule has 0 spiro atoms. The molecule has 3 rings (SSSR count). The van der Waals surface area contributed by atoms with Crippen LogP contribution in [0.2, 0.25) is 0 Å². The van der Waals surface area contributed by atoms with Crippen molar-refractivity contribution in [2.75, 3.05) is 12.4 Å². The van der Waals surface area contributed by atoms with E-state index < -0.39 is 17.4 Å². The monoisotopic (exact) mass is 414 g/mol. The predicted octanol–water partition coefficient (Wildman–Crippen LogP) is 2.34. The number of fused-ring (bicyclic) bond motifs is 1. The number of thiophene rings is 1. The highest BCUT2D eigenvalue weighted by Gasteiger charge is 2.29. The summed E-state index contributed by atoms with van der Waals surface area (Å²) < 4.78 is 5.89. The fourth-order valence-corrected chi connectivity index (χ4v) is 4.88. The number of amides is 1. The number of nitrogens with one attached hydrogen (secondary N) is 1. The molecular formula is C20H22N4O4S. The van der Waals surface area contributed by atoms with Gasteiger partial charge in [0.25, 0.3) is 5.56 Å². The van der Waals surface area contributed by atoms with Crippen molar-refractivity contribution >= 4 is 28.2 Å². The lowest BCUT2D eigenvalue weighted by Gasteiger charge is -2.18. The average Bonchev–Trinajstić information content (AvgIpc) is 3.02. The minimum absolute atomic E-state index is 0.0267. The molecule has 2 heterocycles. The summed E-state index contributed by atoms with van der Waals surface area (Å²) in [6.45, 7) is 5.12. The van der Waals surface area contributed by atoms with Gasteiger partial charge in [-0.2, -0.15) is 10.4 Å². The van der Waals surface area contributed by atoms with Crippen LogP contribution in [-0.4, -0.2) is 28.8 Å². The minimum Gasteiger partial charge on any atom is -0.465 e. The maximum absolute atomic E-state index is 12.6. The largest absolute Gasteiger partial charge is 0.465 e. The molecule has 0 saturated carbocycles. The van der Waals surface area contributed by atoms with Gasteiger partial charge < -0.3 is 10.1 Å². The first-order valence-corrected chi connectivity index (χ1v) is 10.1. The van der Waals surface area contributed by atoms with Gasteiger partial charge >= 0.3 is 5.97 Å². The van der Waals surface area contributed by atoms with Crippen LogP contribution in [0.4, 0.5) is 5.00 Å². The van der Waals surface area contributed by atoms with E-state index in [9.17, 15) is 19.6 Å². The topological polar surface area (TPSA) is 114 Å². The zero-order chi connectivity index (χ0) is 21.3. The Kier molecular flexibility index (Phi) is 5.84. The van der Waals surface area contributed by atoms with E-state index >= 15 is 0 Å². The van der Waals surface area contributed by atoms with Gasteiger partial charge in [0.15, 0.2) is 0 Å². The van der Waals surface area contributed by atoms with Crippen molar-refractivity contribution in [2.24, 2.45) is 5.92 Å². The SMILES string of the molecule is COC(=O)c1c(NC(=O)Cn2nc(C)c(C)c(C#N)c2=O)sc2c1CCC(C)C2. The average molecular weight is 414 g/mol. The van der Waals surface area contributed by atoms with Crippen LogP contribution >= 0.6 is 11.3 Å². The standard InChI is InChI=1S/C20H22N4O4S/c1-10-5-6-13-15(7-10)29-18(17(13)20(27)28-4)22-16(25)9-24-19(26)14(8-21)11(2)12(3)23-24/h10H,5-7,9H2,1-4H3,(H,22,25). The molecule has 29 heavy (non-hydrogen) atoms. The Balaban J connectivity index is 1.91.